The van der Waals surface area contributed by atoms with Crippen molar-refractivity contribution in [1.29, 1.82) is 0 Å². The molecule has 4 N–H and O–H groups in total. The molecule has 1 amide bonds. The number of H-pyrrole nitrogens is 1. The van der Waals surface area contributed by atoms with Gasteiger partial charge in [0.2, 0.25) is 5.91 Å². The number of carboxylic acid groups (broad SMARTS) is 1. The molecule has 0 bridgehead atoms. The highest BCUT2D eigenvalue weighted by molar-refractivity contribution is 5.86. The number of amides is 1. The Balaban J connectivity index is 2.55. The van der Waals surface area contributed by atoms with Crippen molar-refractivity contribution in [3.8, 4) is 0 Å². The molecule has 0 aliphatic heterocycles. The van der Waals surface area contributed by atoms with Crippen LogP contribution < -0.4 is 16.6 Å². The number of carbonyl (C=O) groups is 2. The highest BCUT2D eigenvalue weighted by Gasteiger charge is 2.29. The zero-order valence-electron chi connectivity index (χ0n) is 14.4. The van der Waals surface area contributed by atoms with E-state index < -0.39 is 41.8 Å². The van der Waals surface area contributed by atoms with E-state index in [1.54, 1.807) is 32.0 Å². The van der Waals surface area contributed by atoms with Crippen LogP contribution in [0.5, 0.6) is 0 Å². The first-order valence-electron chi connectivity index (χ1n) is 8.13. The number of benzene rings is 1. The van der Waals surface area contributed by atoms with Crippen molar-refractivity contribution >= 4 is 22.8 Å². The molecule has 0 aliphatic rings. The first-order chi connectivity index (χ1) is 12.3. The normalized spacial score (nSPS) is 13.5. The van der Waals surface area contributed by atoms with Crippen LogP contribution in [0, 0.1) is 5.92 Å². The van der Waals surface area contributed by atoms with E-state index in [9.17, 15) is 19.2 Å². The Bertz CT molecular complexity index is 930. The largest absolute Gasteiger partial charge is 0.480 e. The maximum Gasteiger partial charge on any atom is 0.329 e. The highest BCUT2D eigenvalue weighted by Crippen LogP contribution is 2.16. The summed E-state index contributed by atoms with van der Waals surface area (Å²) in [6.07, 6.45) is 0.144. The van der Waals surface area contributed by atoms with Crippen molar-refractivity contribution in [2.24, 2.45) is 5.92 Å². The predicted molar refractivity (Wildman–Crippen MR) is 94.0 cm³/mol. The van der Waals surface area contributed by atoms with Crippen LogP contribution >= 0.6 is 0 Å². The molecular weight excluding hydrogens is 342 g/mol. The monoisotopic (exact) mass is 363 g/mol. The van der Waals surface area contributed by atoms with Crippen molar-refractivity contribution in [2.45, 2.75) is 32.4 Å². The van der Waals surface area contributed by atoms with E-state index in [0.717, 1.165) is 4.57 Å². The number of aromatic nitrogens is 2. The van der Waals surface area contributed by atoms with Crippen molar-refractivity contribution in [1.82, 2.24) is 14.9 Å². The fraction of sp³-hybridized carbons (Fsp3) is 0.412. The Morgan fingerprint density at radius 3 is 2.46 bits per heavy atom. The summed E-state index contributed by atoms with van der Waals surface area (Å²) in [6.45, 7) is 2.81. The molecule has 26 heavy (non-hydrogen) atoms. The number of aliphatic hydroxyl groups excluding tert-OH is 1. The molecule has 0 fully saturated rings. The number of hydrogen-bond acceptors (Lipinski definition) is 5. The maximum absolute atomic E-state index is 12.8. The van der Waals surface area contributed by atoms with Gasteiger partial charge in [-0.25, -0.2) is 14.2 Å². The molecule has 2 aromatic rings. The van der Waals surface area contributed by atoms with Crippen LogP contribution in [-0.2, 0) is 9.59 Å². The number of aliphatic carboxylic acids is 1. The lowest BCUT2D eigenvalue weighted by molar-refractivity contribution is -0.143. The number of carbonyl (C=O) groups excluding carboxylic acids is 1. The minimum Gasteiger partial charge on any atom is -0.480 e. The smallest absolute Gasteiger partial charge is 0.329 e. The Morgan fingerprint density at radius 1 is 1.23 bits per heavy atom. The van der Waals surface area contributed by atoms with Crippen molar-refractivity contribution in [3.05, 3.63) is 45.1 Å². The van der Waals surface area contributed by atoms with Gasteiger partial charge in [-0.3, -0.25) is 9.59 Å². The third-order valence-corrected chi connectivity index (χ3v) is 3.94. The van der Waals surface area contributed by atoms with Crippen molar-refractivity contribution in [3.63, 3.8) is 0 Å². The van der Waals surface area contributed by atoms with Gasteiger partial charge in [0.15, 0.2) is 0 Å². The predicted octanol–water partition coefficient (Wildman–Crippen LogP) is -0.161. The van der Waals surface area contributed by atoms with Crippen molar-refractivity contribution < 1.29 is 19.8 Å². The Morgan fingerprint density at radius 2 is 1.88 bits per heavy atom. The first kappa shape index (κ1) is 19.4. The van der Waals surface area contributed by atoms with E-state index in [-0.39, 0.29) is 17.7 Å². The number of fused-ring (bicyclic) bond motifs is 1. The zero-order valence-corrected chi connectivity index (χ0v) is 14.4. The van der Waals surface area contributed by atoms with Gasteiger partial charge in [0, 0.05) is 0 Å². The second-order valence-corrected chi connectivity index (χ2v) is 6.38. The first-order valence-corrected chi connectivity index (χ1v) is 8.13. The summed E-state index contributed by atoms with van der Waals surface area (Å²) >= 11 is 0. The average Bonchev–Trinajstić information content (AvgIpc) is 2.57. The van der Waals surface area contributed by atoms with Gasteiger partial charge in [-0.05, 0) is 24.5 Å². The molecule has 0 saturated heterocycles. The van der Waals surface area contributed by atoms with Crippen LogP contribution in [0.1, 0.15) is 26.3 Å². The quantitative estimate of drug-likeness (QED) is 0.538. The SMILES string of the molecule is CC(C)C[C@@H](C(=O)N[C@@H](CO)C(=O)O)n1c(=O)[nH]c2ccccc2c1=O. The topological polar surface area (TPSA) is 141 Å². The molecular formula is C17H21N3O6. The van der Waals surface area contributed by atoms with Gasteiger partial charge in [-0.2, -0.15) is 0 Å². The fourth-order valence-electron chi connectivity index (χ4n) is 2.69. The van der Waals surface area contributed by atoms with Gasteiger partial charge in [0.05, 0.1) is 17.5 Å². The summed E-state index contributed by atoms with van der Waals surface area (Å²) < 4.78 is 0.800. The van der Waals surface area contributed by atoms with Crippen LogP contribution in [0.2, 0.25) is 0 Å². The van der Waals surface area contributed by atoms with Gasteiger partial charge < -0.3 is 20.5 Å². The number of carboxylic acids is 1. The minimum atomic E-state index is -1.52. The molecule has 140 valence electrons. The minimum absolute atomic E-state index is 0.0547. The van der Waals surface area contributed by atoms with Gasteiger partial charge in [-0.15, -0.1) is 0 Å². The summed E-state index contributed by atoms with van der Waals surface area (Å²) in [7, 11) is 0. The standard InChI is InChI=1S/C17H21N3O6/c1-9(2)7-13(14(22)18-12(8-21)16(24)25)20-15(23)10-5-3-4-6-11(10)19-17(20)26/h3-6,9,12-13,21H,7-8H2,1-2H3,(H,18,22)(H,19,26)(H,24,25)/t12-,13-/m0/s1. The average molecular weight is 363 g/mol. The number of hydrogen-bond donors (Lipinski definition) is 4. The van der Waals surface area contributed by atoms with Crippen molar-refractivity contribution in [2.75, 3.05) is 6.61 Å². The Hall–Kier alpha value is -2.94. The summed E-state index contributed by atoms with van der Waals surface area (Å²) in [5.41, 5.74) is -1.05. The maximum atomic E-state index is 12.8. The van der Waals surface area contributed by atoms with Gasteiger partial charge in [0.25, 0.3) is 5.56 Å². The molecule has 9 nitrogen and oxygen atoms in total. The summed E-state index contributed by atoms with van der Waals surface area (Å²) in [6, 6.07) is 3.68. The summed E-state index contributed by atoms with van der Waals surface area (Å²) in [4.78, 5) is 51.4. The lowest BCUT2D eigenvalue weighted by Crippen LogP contribution is -2.50. The third kappa shape index (κ3) is 3.99. The molecule has 1 aromatic carbocycles. The second-order valence-electron chi connectivity index (χ2n) is 6.38. The van der Waals surface area contributed by atoms with Crippen LogP contribution in [0.15, 0.2) is 33.9 Å². The molecule has 2 rings (SSSR count). The third-order valence-electron chi connectivity index (χ3n) is 3.94. The van der Waals surface area contributed by atoms with E-state index in [1.807, 2.05) is 0 Å². The fourth-order valence-corrected chi connectivity index (χ4v) is 2.69. The molecule has 1 heterocycles. The number of para-hydroxylation sites is 1. The molecule has 2 atom stereocenters. The van der Waals surface area contributed by atoms with E-state index in [1.165, 1.54) is 6.07 Å². The van der Waals surface area contributed by atoms with Gasteiger partial charge >= 0.3 is 11.7 Å². The summed E-state index contributed by atoms with van der Waals surface area (Å²) in [5, 5.41) is 20.5. The highest BCUT2D eigenvalue weighted by atomic mass is 16.4. The number of aromatic amines is 1. The van der Waals surface area contributed by atoms with Gasteiger partial charge in [-0.1, -0.05) is 26.0 Å². The lowest BCUT2D eigenvalue weighted by Gasteiger charge is -2.22. The Labute approximate surface area is 148 Å². The molecule has 0 aliphatic carbocycles. The molecule has 0 spiro atoms. The Kier molecular flexibility index (Phi) is 5.93. The number of rotatable bonds is 7. The number of nitrogens with zero attached hydrogens (tertiary/aromatic N) is 1. The van der Waals surface area contributed by atoms with Gasteiger partial charge in [0.1, 0.15) is 12.1 Å². The van der Waals surface area contributed by atoms with E-state index in [2.05, 4.69) is 10.3 Å². The second kappa shape index (κ2) is 7.96. The van der Waals surface area contributed by atoms with Crippen LogP contribution in [0.25, 0.3) is 10.9 Å². The van der Waals surface area contributed by atoms with Crippen LogP contribution in [0.4, 0.5) is 0 Å². The van der Waals surface area contributed by atoms with E-state index in [4.69, 9.17) is 10.2 Å². The molecule has 0 radical (unpaired) electrons. The lowest BCUT2D eigenvalue weighted by atomic mass is 10.0. The van der Waals surface area contributed by atoms with E-state index in [0.29, 0.717) is 5.52 Å². The molecule has 9 heteroatoms. The number of nitrogens with one attached hydrogen (secondary N) is 2. The van der Waals surface area contributed by atoms with Crippen LogP contribution in [0.3, 0.4) is 0 Å². The zero-order chi connectivity index (χ0) is 19.4. The molecule has 1 aromatic heterocycles. The summed E-state index contributed by atoms with van der Waals surface area (Å²) in [5.74, 6) is -2.28. The number of aliphatic hydroxyl groups is 1. The molecule has 0 unspecified atom stereocenters. The van der Waals surface area contributed by atoms with E-state index >= 15 is 0 Å². The molecule has 0 saturated carbocycles. The van der Waals surface area contributed by atoms with Crippen LogP contribution in [-0.4, -0.2) is 44.3 Å².